The first-order valence-corrected chi connectivity index (χ1v) is 5.11. The molecule has 0 aliphatic carbocycles. The Labute approximate surface area is 94.3 Å². The maximum Gasteiger partial charge on any atom is 0.212 e. The van der Waals surface area contributed by atoms with Crippen molar-refractivity contribution >= 4 is 6.21 Å². The van der Waals surface area contributed by atoms with Crippen molar-refractivity contribution in [1.29, 1.82) is 0 Å². The van der Waals surface area contributed by atoms with Crippen LogP contribution in [0, 0.1) is 0 Å². The highest BCUT2D eigenvalue weighted by molar-refractivity contribution is 5.57. The van der Waals surface area contributed by atoms with Gasteiger partial charge in [0.15, 0.2) is 12.7 Å². The van der Waals surface area contributed by atoms with E-state index in [-0.39, 0.29) is 0 Å². The van der Waals surface area contributed by atoms with Crippen molar-refractivity contribution < 1.29 is 9.77 Å². The van der Waals surface area contributed by atoms with Gasteiger partial charge in [0.05, 0.1) is 0 Å². The van der Waals surface area contributed by atoms with Gasteiger partial charge in [-0.3, -0.25) is 0 Å². The molecule has 0 saturated carbocycles. The number of nitrogens with zero attached hydrogens (tertiary/aromatic N) is 2. The van der Waals surface area contributed by atoms with Crippen molar-refractivity contribution in [3.63, 3.8) is 0 Å². The molecule has 0 aliphatic rings. The summed E-state index contributed by atoms with van der Waals surface area (Å²) in [6.45, 7) is 0.557. The second-order valence-electron chi connectivity index (χ2n) is 3.40. The summed E-state index contributed by atoms with van der Waals surface area (Å²) in [4.78, 5) is 0. The molecule has 3 nitrogen and oxygen atoms in total. The third-order valence-electron chi connectivity index (χ3n) is 2.37. The Bertz CT molecular complexity index is 480. The average molecular weight is 213 g/mol. The van der Waals surface area contributed by atoms with Gasteiger partial charge in [-0.2, -0.15) is 4.57 Å². The van der Waals surface area contributed by atoms with Crippen LogP contribution in [0.25, 0.3) is 11.3 Å². The van der Waals surface area contributed by atoms with Crippen LogP contribution in [-0.4, -0.2) is 11.4 Å². The topological polar surface area (TPSA) is 36.5 Å². The summed E-state index contributed by atoms with van der Waals surface area (Å²) in [5, 5.41) is 11.5. The lowest BCUT2D eigenvalue weighted by Crippen LogP contribution is -2.36. The fraction of sp³-hybridized carbons (Fsp3) is 0.0769. The zero-order chi connectivity index (χ0) is 11.2. The molecule has 0 fully saturated rings. The molecule has 1 N–H and O–H groups in total. The molecule has 0 bridgehead atoms. The van der Waals surface area contributed by atoms with Crippen LogP contribution < -0.4 is 4.57 Å². The molecule has 3 heteroatoms. The number of hydrogen-bond acceptors (Lipinski definition) is 2. The molecule has 1 aromatic carbocycles. The van der Waals surface area contributed by atoms with Gasteiger partial charge in [-0.1, -0.05) is 23.4 Å². The molecule has 2 rings (SSSR count). The largest absolute Gasteiger partial charge is 0.411 e. The second kappa shape index (κ2) is 5.07. The SMILES string of the molecule is O/N=C/C[n+]1ccccc1-c1ccccc1. The molecule has 16 heavy (non-hydrogen) atoms. The summed E-state index contributed by atoms with van der Waals surface area (Å²) in [6.07, 6.45) is 3.43. The first-order valence-electron chi connectivity index (χ1n) is 5.11. The van der Waals surface area contributed by atoms with Gasteiger partial charge in [0.1, 0.15) is 6.21 Å². The van der Waals surface area contributed by atoms with Gasteiger partial charge in [0.2, 0.25) is 5.69 Å². The maximum atomic E-state index is 8.45. The van der Waals surface area contributed by atoms with Crippen LogP contribution in [0.15, 0.2) is 59.9 Å². The van der Waals surface area contributed by atoms with Crippen molar-refractivity contribution in [2.45, 2.75) is 6.54 Å². The summed E-state index contributed by atoms with van der Waals surface area (Å²) in [7, 11) is 0. The first-order chi connectivity index (χ1) is 7.92. The molecule has 0 radical (unpaired) electrons. The van der Waals surface area contributed by atoms with Crippen molar-refractivity contribution in [1.82, 2.24) is 0 Å². The second-order valence-corrected chi connectivity index (χ2v) is 3.40. The van der Waals surface area contributed by atoms with Crippen LogP contribution in [-0.2, 0) is 6.54 Å². The predicted molar refractivity (Wildman–Crippen MR) is 62.4 cm³/mol. The molecule has 0 spiro atoms. The highest BCUT2D eigenvalue weighted by atomic mass is 16.4. The van der Waals surface area contributed by atoms with E-state index >= 15 is 0 Å². The lowest BCUT2D eigenvalue weighted by molar-refractivity contribution is -0.670. The number of benzene rings is 1. The fourth-order valence-corrected chi connectivity index (χ4v) is 1.63. The van der Waals surface area contributed by atoms with Gasteiger partial charge in [-0.05, 0) is 18.2 Å². The summed E-state index contributed by atoms with van der Waals surface area (Å²) in [5.74, 6) is 0. The van der Waals surface area contributed by atoms with Gasteiger partial charge >= 0.3 is 0 Å². The Morgan fingerprint density at radius 2 is 1.81 bits per heavy atom. The van der Waals surface area contributed by atoms with Crippen molar-refractivity contribution in [2.75, 3.05) is 0 Å². The summed E-state index contributed by atoms with van der Waals surface area (Å²) < 4.78 is 2.02. The van der Waals surface area contributed by atoms with Gasteiger partial charge in [-0.25, -0.2) is 0 Å². The lowest BCUT2D eigenvalue weighted by Gasteiger charge is -2.00. The van der Waals surface area contributed by atoms with E-state index in [0.717, 1.165) is 11.3 Å². The van der Waals surface area contributed by atoms with E-state index < -0.39 is 0 Å². The average Bonchev–Trinajstić information content (AvgIpc) is 2.38. The van der Waals surface area contributed by atoms with E-state index in [0.29, 0.717) is 6.54 Å². The van der Waals surface area contributed by atoms with E-state index in [1.165, 1.54) is 6.21 Å². The highest BCUT2D eigenvalue weighted by Crippen LogP contribution is 2.13. The van der Waals surface area contributed by atoms with E-state index in [2.05, 4.69) is 17.3 Å². The minimum Gasteiger partial charge on any atom is -0.411 e. The highest BCUT2D eigenvalue weighted by Gasteiger charge is 2.09. The number of rotatable bonds is 3. The Morgan fingerprint density at radius 1 is 1.06 bits per heavy atom. The summed E-state index contributed by atoms with van der Waals surface area (Å²) in [5.41, 5.74) is 2.25. The summed E-state index contributed by atoms with van der Waals surface area (Å²) in [6, 6.07) is 16.1. The zero-order valence-corrected chi connectivity index (χ0v) is 8.82. The number of oxime groups is 1. The normalized spacial score (nSPS) is 10.8. The summed E-state index contributed by atoms with van der Waals surface area (Å²) >= 11 is 0. The predicted octanol–water partition coefficient (Wildman–Crippen LogP) is 2.10. The molecule has 0 atom stereocenters. The van der Waals surface area contributed by atoms with Crippen molar-refractivity contribution in [3.05, 3.63) is 54.7 Å². The van der Waals surface area contributed by atoms with E-state index in [9.17, 15) is 0 Å². The first kappa shape index (κ1) is 10.4. The molecular weight excluding hydrogens is 200 g/mol. The molecule has 1 aromatic heterocycles. The standard InChI is InChI=1S/C13H12N2O/c16-14-9-11-15-10-5-4-8-13(15)12-6-2-1-3-7-12/h1-10H,11H2/p+1/b14-9+. The van der Waals surface area contributed by atoms with E-state index in [4.69, 9.17) is 5.21 Å². The minimum absolute atomic E-state index is 0.557. The van der Waals surface area contributed by atoms with Gasteiger partial charge in [0.25, 0.3) is 0 Å². The zero-order valence-electron chi connectivity index (χ0n) is 8.82. The van der Waals surface area contributed by atoms with Gasteiger partial charge < -0.3 is 5.21 Å². The Morgan fingerprint density at radius 3 is 2.56 bits per heavy atom. The van der Waals surface area contributed by atoms with Gasteiger partial charge in [-0.15, -0.1) is 0 Å². The van der Waals surface area contributed by atoms with Crippen LogP contribution in [0.2, 0.25) is 0 Å². The molecule has 0 saturated heterocycles. The van der Waals surface area contributed by atoms with Crippen LogP contribution in [0.1, 0.15) is 0 Å². The smallest absolute Gasteiger partial charge is 0.212 e. The third kappa shape index (κ3) is 2.25. The molecule has 0 unspecified atom stereocenters. The molecule has 80 valence electrons. The van der Waals surface area contributed by atoms with E-state index in [1.807, 2.05) is 47.2 Å². The molecule has 0 amide bonds. The molecule has 0 aliphatic heterocycles. The van der Waals surface area contributed by atoms with Crippen molar-refractivity contribution in [3.8, 4) is 11.3 Å². The lowest BCUT2D eigenvalue weighted by atomic mass is 10.1. The van der Waals surface area contributed by atoms with Crippen LogP contribution in [0.4, 0.5) is 0 Å². The Hall–Kier alpha value is -2.16. The number of aromatic nitrogens is 1. The van der Waals surface area contributed by atoms with Crippen molar-refractivity contribution in [2.24, 2.45) is 5.16 Å². The molecule has 2 aromatic rings. The number of pyridine rings is 1. The third-order valence-corrected chi connectivity index (χ3v) is 2.37. The van der Waals surface area contributed by atoms with Crippen LogP contribution in [0.5, 0.6) is 0 Å². The number of hydrogen-bond donors (Lipinski definition) is 1. The maximum absolute atomic E-state index is 8.45. The van der Waals surface area contributed by atoms with Gasteiger partial charge in [0, 0.05) is 17.7 Å². The Balaban J connectivity index is 2.40. The fourth-order valence-electron chi connectivity index (χ4n) is 1.63. The van der Waals surface area contributed by atoms with Crippen LogP contribution in [0.3, 0.4) is 0 Å². The minimum atomic E-state index is 0.557. The Kier molecular flexibility index (Phi) is 3.28. The van der Waals surface area contributed by atoms with E-state index in [1.54, 1.807) is 0 Å². The molecular formula is C13H13N2O+. The molecule has 1 heterocycles. The van der Waals surface area contributed by atoms with Crippen LogP contribution >= 0.6 is 0 Å². The quantitative estimate of drug-likeness (QED) is 0.360. The monoisotopic (exact) mass is 213 g/mol.